The van der Waals surface area contributed by atoms with E-state index in [0.717, 1.165) is 60.8 Å². The second-order valence-corrected chi connectivity index (χ2v) is 9.22. The van der Waals surface area contributed by atoms with E-state index < -0.39 is 0 Å². The summed E-state index contributed by atoms with van der Waals surface area (Å²) in [6.07, 6.45) is 2.28. The molecule has 1 saturated heterocycles. The van der Waals surface area contributed by atoms with Crippen LogP contribution in [0.15, 0.2) is 89.5 Å². The van der Waals surface area contributed by atoms with Crippen LogP contribution in [0.5, 0.6) is 5.75 Å². The van der Waals surface area contributed by atoms with Crippen LogP contribution in [0.1, 0.15) is 35.2 Å². The van der Waals surface area contributed by atoms with E-state index in [1.54, 1.807) is 6.07 Å². The van der Waals surface area contributed by atoms with Gasteiger partial charge < -0.3 is 14.6 Å². The van der Waals surface area contributed by atoms with Crippen molar-refractivity contribution >= 4 is 0 Å². The molecule has 0 atom stereocenters. The first-order valence-electron chi connectivity index (χ1n) is 12.4. The molecule has 4 aromatic rings. The highest BCUT2D eigenvalue weighted by Gasteiger charge is 2.19. The smallest absolute Gasteiger partial charge is 0.167 e. The summed E-state index contributed by atoms with van der Waals surface area (Å²) in [5.74, 6) is 1.51. The zero-order valence-corrected chi connectivity index (χ0v) is 20.3. The van der Waals surface area contributed by atoms with E-state index >= 15 is 0 Å². The first kappa shape index (κ1) is 23.8. The van der Waals surface area contributed by atoms with Gasteiger partial charge in [-0.25, -0.2) is 0 Å². The molecule has 1 aliphatic rings. The molecule has 2 heterocycles. The molecule has 6 nitrogen and oxygen atoms in total. The van der Waals surface area contributed by atoms with Crippen LogP contribution in [0.2, 0.25) is 0 Å². The number of aromatic nitrogens is 1. The average Bonchev–Trinajstić information content (AvgIpc) is 3.42. The van der Waals surface area contributed by atoms with Gasteiger partial charge in [-0.05, 0) is 73.5 Å². The fourth-order valence-corrected chi connectivity index (χ4v) is 4.53. The Labute approximate surface area is 212 Å². The Morgan fingerprint density at radius 1 is 0.944 bits per heavy atom. The predicted molar refractivity (Wildman–Crippen MR) is 139 cm³/mol. The maximum Gasteiger partial charge on any atom is 0.167 e. The molecule has 182 valence electrons. The molecule has 36 heavy (non-hydrogen) atoms. The van der Waals surface area contributed by atoms with Crippen LogP contribution in [0, 0.1) is 11.3 Å². The molecule has 5 rings (SSSR count). The van der Waals surface area contributed by atoms with Gasteiger partial charge in [0.2, 0.25) is 0 Å². The zero-order chi connectivity index (χ0) is 24.6. The Morgan fingerprint density at radius 3 is 2.50 bits per heavy atom. The van der Waals surface area contributed by atoms with Crippen LogP contribution in [0.4, 0.5) is 0 Å². The van der Waals surface area contributed by atoms with Gasteiger partial charge in [-0.2, -0.15) is 5.26 Å². The molecule has 0 radical (unpaired) electrons. The number of piperidine rings is 1. The van der Waals surface area contributed by atoms with E-state index in [4.69, 9.17) is 14.5 Å². The predicted octanol–water partition coefficient (Wildman–Crippen LogP) is 5.55. The van der Waals surface area contributed by atoms with E-state index in [1.807, 2.05) is 48.5 Å². The maximum absolute atomic E-state index is 9.03. The quantitative estimate of drug-likeness (QED) is 0.340. The van der Waals surface area contributed by atoms with Crippen LogP contribution in [-0.4, -0.2) is 29.2 Å². The summed E-state index contributed by atoms with van der Waals surface area (Å²) in [6.45, 7) is 4.36. The Kier molecular flexibility index (Phi) is 7.72. The zero-order valence-electron chi connectivity index (χ0n) is 20.3. The lowest BCUT2D eigenvalue weighted by atomic mass is 10.0. The van der Waals surface area contributed by atoms with Gasteiger partial charge in [0.05, 0.1) is 17.3 Å². The average molecular weight is 479 g/mol. The number of hydrogen-bond acceptors (Lipinski definition) is 6. The summed E-state index contributed by atoms with van der Waals surface area (Å²) in [4.78, 5) is 2.53. The summed E-state index contributed by atoms with van der Waals surface area (Å²) in [6, 6.07) is 30.6. The second kappa shape index (κ2) is 11.7. The van der Waals surface area contributed by atoms with Gasteiger partial charge in [0.1, 0.15) is 12.4 Å². The Balaban J connectivity index is 1.07. The number of rotatable bonds is 9. The van der Waals surface area contributed by atoms with Gasteiger partial charge >= 0.3 is 0 Å². The number of ether oxygens (including phenoxy) is 1. The van der Waals surface area contributed by atoms with Crippen molar-refractivity contribution in [2.24, 2.45) is 0 Å². The summed E-state index contributed by atoms with van der Waals surface area (Å²) >= 11 is 0. The lowest BCUT2D eigenvalue weighted by Gasteiger charge is -2.32. The normalized spacial score (nSPS) is 14.4. The van der Waals surface area contributed by atoms with Crippen molar-refractivity contribution in [2.75, 3.05) is 13.1 Å². The number of likely N-dealkylation sites (tertiary alicyclic amines) is 1. The van der Waals surface area contributed by atoms with Gasteiger partial charge in [0, 0.05) is 30.8 Å². The second-order valence-electron chi connectivity index (χ2n) is 9.22. The molecule has 1 fully saturated rings. The molecule has 6 heteroatoms. The highest BCUT2D eigenvalue weighted by Crippen LogP contribution is 2.24. The number of nitriles is 1. The number of hydrogen-bond donors (Lipinski definition) is 1. The molecule has 0 spiro atoms. The van der Waals surface area contributed by atoms with Crippen LogP contribution < -0.4 is 10.1 Å². The third-order valence-electron chi connectivity index (χ3n) is 6.57. The summed E-state index contributed by atoms with van der Waals surface area (Å²) in [7, 11) is 0. The van der Waals surface area contributed by atoms with E-state index in [0.29, 0.717) is 24.8 Å². The van der Waals surface area contributed by atoms with Crippen molar-refractivity contribution in [2.45, 2.75) is 38.6 Å². The minimum atomic E-state index is 0.415. The van der Waals surface area contributed by atoms with Gasteiger partial charge in [0.15, 0.2) is 5.76 Å². The molecule has 0 saturated carbocycles. The first-order valence-corrected chi connectivity index (χ1v) is 12.4. The SMILES string of the molecule is N#Cc1cccc(COc2ccc(-c3cc(CNC4CCN(Cc5ccccc5)CC4)no3)cc2)c1. The maximum atomic E-state index is 9.03. The summed E-state index contributed by atoms with van der Waals surface area (Å²) in [5, 5.41) is 16.9. The molecular formula is C30H30N4O2. The van der Waals surface area contributed by atoms with Crippen LogP contribution in [0.25, 0.3) is 11.3 Å². The van der Waals surface area contributed by atoms with E-state index in [9.17, 15) is 0 Å². The third kappa shape index (κ3) is 6.39. The topological polar surface area (TPSA) is 74.3 Å². The molecule has 0 unspecified atom stereocenters. The highest BCUT2D eigenvalue weighted by molar-refractivity contribution is 5.58. The Hall–Kier alpha value is -3.92. The summed E-state index contributed by atoms with van der Waals surface area (Å²) in [5.41, 5.74) is 4.85. The van der Waals surface area contributed by atoms with E-state index in [2.05, 4.69) is 51.8 Å². The fraction of sp³-hybridized carbons (Fsp3) is 0.267. The molecule has 1 N–H and O–H groups in total. The van der Waals surface area contributed by atoms with Crippen molar-refractivity contribution in [1.29, 1.82) is 5.26 Å². The standard InChI is InChI=1S/C30H30N4O2/c31-19-24-7-4-8-25(17-24)22-35-29-11-9-26(10-12-29)30-18-28(33-36-30)20-32-27-13-15-34(16-14-27)21-23-5-2-1-3-6-23/h1-12,17-18,27,32H,13-16,20-22H2. The first-order chi connectivity index (χ1) is 17.7. The molecule has 1 aromatic heterocycles. The molecule has 0 bridgehead atoms. The molecular weight excluding hydrogens is 448 g/mol. The number of benzene rings is 3. The molecule has 0 aliphatic carbocycles. The number of nitrogens with zero attached hydrogens (tertiary/aromatic N) is 3. The minimum Gasteiger partial charge on any atom is -0.489 e. The number of nitrogens with one attached hydrogen (secondary N) is 1. The van der Waals surface area contributed by atoms with Crippen molar-refractivity contribution in [3.05, 3.63) is 107 Å². The summed E-state index contributed by atoms with van der Waals surface area (Å²) < 4.78 is 11.5. The molecule has 0 amide bonds. The monoisotopic (exact) mass is 478 g/mol. The lowest BCUT2D eigenvalue weighted by Crippen LogP contribution is -2.41. The minimum absolute atomic E-state index is 0.415. The van der Waals surface area contributed by atoms with Gasteiger partial charge in [-0.1, -0.05) is 47.6 Å². The third-order valence-corrected chi connectivity index (χ3v) is 6.57. The van der Waals surface area contributed by atoms with Crippen molar-refractivity contribution in [3.63, 3.8) is 0 Å². The van der Waals surface area contributed by atoms with Gasteiger partial charge in [-0.3, -0.25) is 4.90 Å². The Bertz CT molecular complexity index is 1290. The van der Waals surface area contributed by atoms with Gasteiger partial charge in [0.25, 0.3) is 0 Å². The van der Waals surface area contributed by atoms with E-state index in [1.165, 1.54) is 5.56 Å². The largest absolute Gasteiger partial charge is 0.489 e. The fourth-order valence-electron chi connectivity index (χ4n) is 4.53. The molecule has 3 aromatic carbocycles. The molecule has 1 aliphatic heterocycles. The van der Waals surface area contributed by atoms with Crippen molar-refractivity contribution < 1.29 is 9.26 Å². The Morgan fingerprint density at radius 2 is 1.72 bits per heavy atom. The lowest BCUT2D eigenvalue weighted by molar-refractivity contribution is 0.189. The van der Waals surface area contributed by atoms with Gasteiger partial charge in [-0.15, -0.1) is 0 Å². The highest BCUT2D eigenvalue weighted by atomic mass is 16.5. The van der Waals surface area contributed by atoms with Crippen molar-refractivity contribution in [3.8, 4) is 23.1 Å². The van der Waals surface area contributed by atoms with Crippen LogP contribution in [-0.2, 0) is 19.7 Å². The van der Waals surface area contributed by atoms with E-state index in [-0.39, 0.29) is 0 Å². The van der Waals surface area contributed by atoms with Crippen LogP contribution in [0.3, 0.4) is 0 Å². The van der Waals surface area contributed by atoms with Crippen molar-refractivity contribution in [1.82, 2.24) is 15.4 Å². The van der Waals surface area contributed by atoms with Crippen LogP contribution >= 0.6 is 0 Å².